The highest BCUT2D eigenvalue weighted by molar-refractivity contribution is 6.32. The zero-order valence-electron chi connectivity index (χ0n) is 10.9. The Morgan fingerprint density at radius 3 is 2.63 bits per heavy atom. The summed E-state index contributed by atoms with van der Waals surface area (Å²) in [6, 6.07) is 10.8. The number of methoxy groups -OCH3 is 1. The number of hydrogen-bond donors (Lipinski definition) is 2. The lowest BCUT2D eigenvalue weighted by atomic mass is 9.98. The van der Waals surface area contributed by atoms with E-state index in [1.807, 2.05) is 19.1 Å². The van der Waals surface area contributed by atoms with Crippen LogP contribution in [0.3, 0.4) is 0 Å². The highest BCUT2D eigenvalue weighted by Crippen LogP contribution is 2.36. The number of anilines is 1. The van der Waals surface area contributed by atoms with Gasteiger partial charge in [0.1, 0.15) is 11.9 Å². The van der Waals surface area contributed by atoms with Crippen molar-refractivity contribution in [3.05, 3.63) is 58.1 Å². The van der Waals surface area contributed by atoms with Gasteiger partial charge in [-0.2, -0.15) is 0 Å². The molecule has 3 nitrogen and oxygen atoms in total. The van der Waals surface area contributed by atoms with E-state index in [1.165, 1.54) is 0 Å². The molecule has 0 bridgehead atoms. The van der Waals surface area contributed by atoms with E-state index in [0.717, 1.165) is 5.56 Å². The molecule has 2 aromatic rings. The second-order valence-electron chi connectivity index (χ2n) is 4.40. The molecule has 2 aromatic carbocycles. The Labute approximate surface area is 117 Å². The average molecular weight is 278 g/mol. The molecule has 19 heavy (non-hydrogen) atoms. The Morgan fingerprint density at radius 1 is 1.21 bits per heavy atom. The minimum Gasteiger partial charge on any atom is -0.495 e. The lowest BCUT2D eigenvalue weighted by molar-refractivity contribution is 0.220. The van der Waals surface area contributed by atoms with Crippen molar-refractivity contribution in [2.45, 2.75) is 13.0 Å². The van der Waals surface area contributed by atoms with Crippen molar-refractivity contribution in [1.29, 1.82) is 0 Å². The zero-order chi connectivity index (χ0) is 14.0. The van der Waals surface area contributed by atoms with E-state index in [2.05, 4.69) is 0 Å². The molecule has 0 aliphatic carbocycles. The number of aryl methyl sites for hydroxylation is 1. The molecule has 4 heteroatoms. The summed E-state index contributed by atoms with van der Waals surface area (Å²) in [7, 11) is 1.54. The van der Waals surface area contributed by atoms with Crippen LogP contribution in [-0.2, 0) is 0 Å². The van der Waals surface area contributed by atoms with Crippen LogP contribution >= 0.6 is 11.6 Å². The number of halogens is 1. The first-order chi connectivity index (χ1) is 9.04. The standard InChI is InChI=1S/C15H16ClNO2/c1-9-6-7-12(17)11(8-9)15(18)10-4-3-5-13(19-2)14(10)16/h3-8,15,18H,17H2,1-2H3. The summed E-state index contributed by atoms with van der Waals surface area (Å²) in [6.45, 7) is 1.95. The van der Waals surface area contributed by atoms with Gasteiger partial charge in [0, 0.05) is 16.8 Å². The number of benzene rings is 2. The van der Waals surface area contributed by atoms with Gasteiger partial charge in [0.05, 0.1) is 12.1 Å². The van der Waals surface area contributed by atoms with E-state index in [4.69, 9.17) is 22.1 Å². The summed E-state index contributed by atoms with van der Waals surface area (Å²) in [5, 5.41) is 10.9. The van der Waals surface area contributed by atoms with Crippen LogP contribution in [0.1, 0.15) is 22.8 Å². The molecule has 0 radical (unpaired) electrons. The molecular formula is C15H16ClNO2. The minimum atomic E-state index is -0.873. The van der Waals surface area contributed by atoms with Gasteiger partial charge in [0.15, 0.2) is 0 Å². The largest absolute Gasteiger partial charge is 0.495 e. The third-order valence-electron chi connectivity index (χ3n) is 3.04. The average Bonchev–Trinajstić information content (AvgIpc) is 2.41. The molecule has 1 unspecified atom stereocenters. The maximum atomic E-state index is 10.5. The number of hydrogen-bond acceptors (Lipinski definition) is 3. The lowest BCUT2D eigenvalue weighted by Crippen LogP contribution is -2.05. The van der Waals surface area contributed by atoms with Crippen molar-refractivity contribution in [3.8, 4) is 5.75 Å². The number of rotatable bonds is 3. The predicted molar refractivity (Wildman–Crippen MR) is 77.7 cm³/mol. The van der Waals surface area contributed by atoms with Gasteiger partial charge in [-0.25, -0.2) is 0 Å². The van der Waals surface area contributed by atoms with Gasteiger partial charge in [-0.3, -0.25) is 0 Å². The number of aliphatic hydroxyl groups excluding tert-OH is 1. The van der Waals surface area contributed by atoms with Gasteiger partial charge in [-0.05, 0) is 19.1 Å². The molecule has 0 saturated heterocycles. The smallest absolute Gasteiger partial charge is 0.137 e. The van der Waals surface area contributed by atoms with Crippen LogP contribution in [0.15, 0.2) is 36.4 Å². The maximum Gasteiger partial charge on any atom is 0.137 e. The van der Waals surface area contributed by atoms with Crippen molar-refractivity contribution >= 4 is 17.3 Å². The van der Waals surface area contributed by atoms with Crippen molar-refractivity contribution in [1.82, 2.24) is 0 Å². The zero-order valence-corrected chi connectivity index (χ0v) is 11.6. The van der Waals surface area contributed by atoms with Crippen LogP contribution in [0.4, 0.5) is 5.69 Å². The molecule has 1 atom stereocenters. The quantitative estimate of drug-likeness (QED) is 0.846. The second kappa shape index (κ2) is 5.51. The molecule has 0 saturated carbocycles. The Bertz CT molecular complexity index is 599. The minimum absolute atomic E-state index is 0.401. The molecule has 0 amide bonds. The van der Waals surface area contributed by atoms with Crippen molar-refractivity contribution in [3.63, 3.8) is 0 Å². The number of nitrogen functional groups attached to an aromatic ring is 1. The molecule has 100 valence electrons. The van der Waals surface area contributed by atoms with Crippen LogP contribution < -0.4 is 10.5 Å². The molecule has 0 fully saturated rings. The van der Waals surface area contributed by atoms with Gasteiger partial charge >= 0.3 is 0 Å². The lowest BCUT2D eigenvalue weighted by Gasteiger charge is -2.17. The monoisotopic (exact) mass is 277 g/mol. The first-order valence-electron chi connectivity index (χ1n) is 5.91. The summed E-state index contributed by atoms with van der Waals surface area (Å²) in [6.07, 6.45) is -0.873. The molecule has 0 aliphatic rings. The Morgan fingerprint density at radius 2 is 1.95 bits per heavy atom. The normalized spacial score (nSPS) is 12.2. The fourth-order valence-corrected chi connectivity index (χ4v) is 2.30. The predicted octanol–water partition coefficient (Wildman–Crippen LogP) is 3.32. The number of aliphatic hydroxyl groups is 1. The second-order valence-corrected chi connectivity index (χ2v) is 4.78. The SMILES string of the molecule is COc1cccc(C(O)c2cc(C)ccc2N)c1Cl. The van der Waals surface area contributed by atoms with Gasteiger partial charge in [-0.1, -0.05) is 41.4 Å². The summed E-state index contributed by atoms with van der Waals surface area (Å²) in [4.78, 5) is 0. The third-order valence-corrected chi connectivity index (χ3v) is 3.45. The summed E-state index contributed by atoms with van der Waals surface area (Å²) >= 11 is 6.22. The van der Waals surface area contributed by atoms with Crippen LogP contribution in [0.25, 0.3) is 0 Å². The van der Waals surface area contributed by atoms with Crippen LogP contribution in [0.5, 0.6) is 5.75 Å². The van der Waals surface area contributed by atoms with E-state index < -0.39 is 6.10 Å². The Hall–Kier alpha value is -1.71. The fourth-order valence-electron chi connectivity index (χ4n) is 2.00. The van der Waals surface area contributed by atoms with Gasteiger partial charge in [0.25, 0.3) is 0 Å². The van der Waals surface area contributed by atoms with Crippen molar-refractivity contribution in [2.75, 3.05) is 12.8 Å². The van der Waals surface area contributed by atoms with Crippen LogP contribution in [0, 0.1) is 6.92 Å². The van der Waals surface area contributed by atoms with E-state index in [-0.39, 0.29) is 0 Å². The molecule has 0 spiro atoms. The summed E-state index contributed by atoms with van der Waals surface area (Å²) in [5.74, 6) is 0.532. The van der Waals surface area contributed by atoms with E-state index in [0.29, 0.717) is 27.6 Å². The van der Waals surface area contributed by atoms with Gasteiger partial charge in [0.2, 0.25) is 0 Å². The van der Waals surface area contributed by atoms with Crippen LogP contribution in [-0.4, -0.2) is 12.2 Å². The van der Waals surface area contributed by atoms with Gasteiger partial charge < -0.3 is 15.6 Å². The van der Waals surface area contributed by atoms with Gasteiger partial charge in [-0.15, -0.1) is 0 Å². The Balaban J connectivity index is 2.50. The van der Waals surface area contributed by atoms with E-state index >= 15 is 0 Å². The molecule has 3 N–H and O–H groups in total. The number of nitrogens with two attached hydrogens (primary N) is 1. The first-order valence-corrected chi connectivity index (χ1v) is 6.29. The van der Waals surface area contributed by atoms with Crippen LogP contribution in [0.2, 0.25) is 5.02 Å². The third kappa shape index (κ3) is 2.67. The molecule has 0 aromatic heterocycles. The highest BCUT2D eigenvalue weighted by Gasteiger charge is 2.18. The molecule has 0 heterocycles. The Kier molecular flexibility index (Phi) is 3.98. The van der Waals surface area contributed by atoms with Crippen molar-refractivity contribution in [2.24, 2.45) is 0 Å². The highest BCUT2D eigenvalue weighted by atomic mass is 35.5. The summed E-state index contributed by atoms with van der Waals surface area (Å²) in [5.41, 5.74) is 8.71. The fraction of sp³-hybridized carbons (Fsp3) is 0.200. The molecular weight excluding hydrogens is 262 g/mol. The van der Waals surface area contributed by atoms with E-state index in [9.17, 15) is 5.11 Å². The topological polar surface area (TPSA) is 55.5 Å². The maximum absolute atomic E-state index is 10.5. The molecule has 2 rings (SSSR count). The van der Waals surface area contributed by atoms with Crippen molar-refractivity contribution < 1.29 is 9.84 Å². The first kappa shape index (κ1) is 13.7. The number of ether oxygens (including phenoxy) is 1. The molecule has 0 aliphatic heterocycles. The summed E-state index contributed by atoms with van der Waals surface area (Å²) < 4.78 is 5.15. The van der Waals surface area contributed by atoms with E-state index in [1.54, 1.807) is 31.4 Å².